The van der Waals surface area contributed by atoms with E-state index < -0.39 is 35.0 Å². The first-order valence-electron chi connectivity index (χ1n) is 5.02. The minimum Gasteiger partial charge on any atom is -0.494 e. The van der Waals surface area contributed by atoms with E-state index in [0.29, 0.717) is 12.1 Å². The van der Waals surface area contributed by atoms with Crippen LogP contribution in [0.2, 0.25) is 0 Å². The Bertz CT molecular complexity index is 475. The Hall–Kier alpha value is -1.73. The third-order valence-electron chi connectivity index (χ3n) is 2.06. The van der Waals surface area contributed by atoms with Gasteiger partial charge in [0, 0.05) is 5.56 Å². The minimum absolute atomic E-state index is 0.0407. The van der Waals surface area contributed by atoms with Crippen molar-refractivity contribution in [3.63, 3.8) is 0 Å². The van der Waals surface area contributed by atoms with E-state index in [9.17, 15) is 31.1 Å². The molecule has 2 nitrogen and oxygen atoms in total. The average molecular weight is 286 g/mol. The van der Waals surface area contributed by atoms with Crippen LogP contribution in [0.15, 0.2) is 18.2 Å². The molecule has 0 fully saturated rings. The molecule has 0 heterocycles. The predicted octanol–water partition coefficient (Wildman–Crippen LogP) is 3.85. The highest BCUT2D eigenvalue weighted by Gasteiger charge is 2.41. The summed E-state index contributed by atoms with van der Waals surface area (Å²) in [5.41, 5.74) is -2.48. The van der Waals surface area contributed by atoms with Crippen LogP contribution < -0.4 is 4.74 Å². The van der Waals surface area contributed by atoms with Crippen molar-refractivity contribution < 1.29 is 35.9 Å². The highest BCUT2D eigenvalue weighted by molar-refractivity contribution is 6.00. The first-order chi connectivity index (χ1) is 8.55. The van der Waals surface area contributed by atoms with Crippen LogP contribution in [0.4, 0.5) is 26.3 Å². The third-order valence-corrected chi connectivity index (χ3v) is 2.06. The van der Waals surface area contributed by atoms with Crippen molar-refractivity contribution in [3.8, 4) is 5.75 Å². The molecule has 1 aromatic rings. The fourth-order valence-electron chi connectivity index (χ4n) is 1.31. The van der Waals surface area contributed by atoms with Gasteiger partial charge < -0.3 is 4.74 Å². The van der Waals surface area contributed by atoms with Crippen LogP contribution in [-0.2, 0) is 6.18 Å². The van der Waals surface area contributed by atoms with Gasteiger partial charge in [0.25, 0.3) is 5.78 Å². The summed E-state index contributed by atoms with van der Waals surface area (Å²) in [5, 5.41) is 0. The maximum Gasteiger partial charge on any atom is 0.454 e. The minimum atomic E-state index is -5.24. The van der Waals surface area contributed by atoms with E-state index in [1.165, 1.54) is 6.92 Å². The summed E-state index contributed by atoms with van der Waals surface area (Å²) < 4.78 is 78.9. The molecule has 8 heteroatoms. The molecule has 0 saturated heterocycles. The van der Waals surface area contributed by atoms with Crippen LogP contribution in [-0.4, -0.2) is 18.6 Å². The van der Waals surface area contributed by atoms with Crippen LogP contribution in [0.3, 0.4) is 0 Å². The van der Waals surface area contributed by atoms with Crippen LogP contribution in [0.25, 0.3) is 0 Å². The van der Waals surface area contributed by atoms with E-state index in [4.69, 9.17) is 4.74 Å². The lowest BCUT2D eigenvalue weighted by molar-refractivity contribution is -0.137. The summed E-state index contributed by atoms with van der Waals surface area (Å²) in [6, 6.07) is 1.32. The van der Waals surface area contributed by atoms with Gasteiger partial charge in [0.15, 0.2) is 0 Å². The number of carbonyl (C=O) groups excluding carboxylic acids is 1. The molecule has 106 valence electrons. The molecule has 0 unspecified atom stereocenters. The van der Waals surface area contributed by atoms with Gasteiger partial charge in [0.2, 0.25) is 0 Å². The van der Waals surface area contributed by atoms with E-state index in [2.05, 4.69) is 0 Å². The van der Waals surface area contributed by atoms with Crippen LogP contribution >= 0.6 is 0 Å². The first-order valence-corrected chi connectivity index (χ1v) is 5.02. The molecule has 0 aliphatic rings. The normalized spacial score (nSPS) is 12.4. The van der Waals surface area contributed by atoms with Crippen molar-refractivity contribution in [1.82, 2.24) is 0 Å². The second-order valence-corrected chi connectivity index (χ2v) is 3.50. The Kier molecular flexibility index (Phi) is 4.12. The molecular weight excluding hydrogens is 278 g/mol. The molecule has 0 amide bonds. The zero-order valence-corrected chi connectivity index (χ0v) is 9.52. The molecule has 0 aromatic heterocycles. The van der Waals surface area contributed by atoms with Crippen molar-refractivity contribution >= 4 is 5.78 Å². The highest BCUT2D eigenvalue weighted by Crippen LogP contribution is 2.34. The SMILES string of the molecule is CCOc1cc(C(=O)C(F)(F)F)cc(C(F)(F)F)c1. The fourth-order valence-corrected chi connectivity index (χ4v) is 1.31. The van der Waals surface area contributed by atoms with Crippen LogP contribution in [0.5, 0.6) is 5.75 Å². The quantitative estimate of drug-likeness (QED) is 0.623. The molecule has 0 aliphatic heterocycles. The lowest BCUT2D eigenvalue weighted by Gasteiger charge is -2.13. The van der Waals surface area contributed by atoms with Gasteiger partial charge >= 0.3 is 12.4 Å². The van der Waals surface area contributed by atoms with Gasteiger partial charge in [-0.2, -0.15) is 26.3 Å². The Morgan fingerprint density at radius 2 is 1.68 bits per heavy atom. The smallest absolute Gasteiger partial charge is 0.454 e. The van der Waals surface area contributed by atoms with Crippen molar-refractivity contribution in [3.05, 3.63) is 29.3 Å². The summed E-state index contributed by atoms with van der Waals surface area (Å²) >= 11 is 0. The van der Waals surface area contributed by atoms with Gasteiger partial charge in [-0.25, -0.2) is 0 Å². The summed E-state index contributed by atoms with van der Waals surface area (Å²) in [5.74, 6) is -2.79. The van der Waals surface area contributed by atoms with E-state index >= 15 is 0 Å². The maximum absolute atomic E-state index is 12.5. The molecule has 0 spiro atoms. The van der Waals surface area contributed by atoms with Gasteiger partial charge in [0.1, 0.15) is 5.75 Å². The summed E-state index contributed by atoms with van der Waals surface area (Å²) in [6.07, 6.45) is -10.1. The summed E-state index contributed by atoms with van der Waals surface area (Å²) in [4.78, 5) is 11.0. The van der Waals surface area contributed by atoms with Gasteiger partial charge in [0.05, 0.1) is 12.2 Å². The van der Waals surface area contributed by atoms with Gasteiger partial charge in [-0.1, -0.05) is 0 Å². The molecule has 0 atom stereocenters. The molecule has 1 rings (SSSR count). The molecule has 0 aliphatic carbocycles. The second kappa shape index (κ2) is 5.10. The Morgan fingerprint density at radius 1 is 1.11 bits per heavy atom. The van der Waals surface area contributed by atoms with Gasteiger partial charge in [-0.15, -0.1) is 0 Å². The molecule has 1 aromatic carbocycles. The number of alkyl halides is 6. The van der Waals surface area contributed by atoms with Crippen molar-refractivity contribution in [2.24, 2.45) is 0 Å². The number of ketones is 1. The average Bonchev–Trinajstić information content (AvgIpc) is 2.25. The highest BCUT2D eigenvalue weighted by atomic mass is 19.4. The first kappa shape index (κ1) is 15.3. The number of hydrogen-bond acceptors (Lipinski definition) is 2. The zero-order chi connectivity index (χ0) is 14.8. The fraction of sp³-hybridized carbons (Fsp3) is 0.364. The zero-order valence-electron chi connectivity index (χ0n) is 9.52. The van der Waals surface area contributed by atoms with Gasteiger partial charge in [-0.05, 0) is 25.1 Å². The largest absolute Gasteiger partial charge is 0.494 e. The molecule has 0 N–H and O–H groups in total. The monoisotopic (exact) mass is 286 g/mol. The Morgan fingerprint density at radius 3 is 2.11 bits per heavy atom. The number of hydrogen-bond donors (Lipinski definition) is 0. The topological polar surface area (TPSA) is 26.3 Å². The third kappa shape index (κ3) is 3.87. The van der Waals surface area contributed by atoms with E-state index in [0.717, 1.165) is 0 Å². The molecule has 0 radical (unpaired) electrons. The van der Waals surface area contributed by atoms with Crippen molar-refractivity contribution in [1.29, 1.82) is 0 Å². The second-order valence-electron chi connectivity index (χ2n) is 3.50. The van der Waals surface area contributed by atoms with E-state index in [1.54, 1.807) is 0 Å². The summed E-state index contributed by atoms with van der Waals surface area (Å²) in [7, 11) is 0. The number of Topliss-reactive ketones (excluding diaryl/α,β-unsaturated/α-hetero) is 1. The molecule has 0 saturated carbocycles. The van der Waals surface area contributed by atoms with Gasteiger partial charge in [-0.3, -0.25) is 4.79 Å². The molecular formula is C11H8F6O2. The maximum atomic E-state index is 12.5. The van der Waals surface area contributed by atoms with Crippen LogP contribution in [0, 0.1) is 0 Å². The summed E-state index contributed by atoms with van der Waals surface area (Å²) in [6.45, 7) is 1.41. The number of carbonyl (C=O) groups is 1. The number of halogens is 6. The predicted molar refractivity (Wildman–Crippen MR) is 53.0 cm³/mol. The number of rotatable bonds is 3. The van der Waals surface area contributed by atoms with E-state index in [1.807, 2.05) is 0 Å². The molecule has 0 bridgehead atoms. The molecule has 19 heavy (non-hydrogen) atoms. The number of benzene rings is 1. The lowest BCUT2D eigenvalue weighted by atomic mass is 10.1. The Labute approximate surface area is 104 Å². The lowest BCUT2D eigenvalue weighted by Crippen LogP contribution is -2.23. The standard InChI is InChI=1S/C11H8F6O2/c1-2-19-8-4-6(9(18)11(15,16)17)3-7(5-8)10(12,13)14/h3-5H,2H2,1H3. The van der Waals surface area contributed by atoms with E-state index in [-0.39, 0.29) is 12.7 Å². The van der Waals surface area contributed by atoms with Crippen LogP contribution in [0.1, 0.15) is 22.8 Å². The number of ether oxygens (including phenoxy) is 1. The Balaban J connectivity index is 3.32. The van der Waals surface area contributed by atoms with Crippen molar-refractivity contribution in [2.75, 3.05) is 6.61 Å². The van der Waals surface area contributed by atoms with Crippen molar-refractivity contribution in [2.45, 2.75) is 19.3 Å².